The normalized spacial score (nSPS) is 21.6. The molecule has 1 heterocycles. The molecule has 100 valence electrons. The average molecular weight is 278 g/mol. The van der Waals surface area contributed by atoms with Gasteiger partial charge in [-0.2, -0.15) is 5.10 Å². The van der Waals surface area contributed by atoms with Gasteiger partial charge in [-0.15, -0.1) is 0 Å². The van der Waals surface area contributed by atoms with Gasteiger partial charge in [-0.3, -0.25) is 9.48 Å². The molecule has 0 aliphatic heterocycles. The van der Waals surface area contributed by atoms with Gasteiger partial charge < -0.3 is 5.32 Å². The van der Waals surface area contributed by atoms with Gasteiger partial charge in [0.15, 0.2) is 0 Å². The van der Waals surface area contributed by atoms with Crippen molar-refractivity contribution in [3.8, 4) is 0 Å². The maximum atomic E-state index is 11.0. The van der Waals surface area contributed by atoms with E-state index in [2.05, 4.69) is 10.4 Å². The lowest BCUT2D eigenvalue weighted by Gasteiger charge is -2.05. The third-order valence-corrected chi connectivity index (χ3v) is 4.03. The van der Waals surface area contributed by atoms with Crippen LogP contribution in [0.15, 0.2) is 18.3 Å². The Bertz CT molecular complexity index is 649. The van der Waals surface area contributed by atoms with E-state index in [9.17, 15) is 4.79 Å². The summed E-state index contributed by atoms with van der Waals surface area (Å²) in [6.45, 7) is 2.28. The highest BCUT2D eigenvalue weighted by atomic mass is 35.5. The van der Waals surface area contributed by atoms with Crippen LogP contribution in [0, 0.1) is 5.92 Å². The summed E-state index contributed by atoms with van der Waals surface area (Å²) >= 11 is 6.35. The van der Waals surface area contributed by atoms with Gasteiger partial charge in [-0.25, -0.2) is 0 Å². The van der Waals surface area contributed by atoms with E-state index in [-0.39, 0.29) is 5.91 Å². The van der Waals surface area contributed by atoms with Crippen LogP contribution < -0.4 is 5.32 Å². The summed E-state index contributed by atoms with van der Waals surface area (Å²) in [5, 5.41) is 9.22. The summed E-state index contributed by atoms with van der Waals surface area (Å²) in [6.07, 6.45) is 3.10. The second kappa shape index (κ2) is 4.53. The molecular weight excluding hydrogens is 262 g/mol. The number of hydrogen-bond acceptors (Lipinski definition) is 2. The van der Waals surface area contributed by atoms with Gasteiger partial charge in [0, 0.05) is 37.1 Å². The Kier molecular flexibility index (Phi) is 2.97. The number of rotatable bonds is 3. The van der Waals surface area contributed by atoms with Crippen molar-refractivity contribution in [3.05, 3.63) is 28.9 Å². The molecule has 1 aliphatic carbocycles. The average Bonchev–Trinajstić information content (AvgIpc) is 3.00. The first-order valence-electron chi connectivity index (χ1n) is 6.42. The van der Waals surface area contributed by atoms with Crippen molar-refractivity contribution in [3.63, 3.8) is 0 Å². The third kappa shape index (κ3) is 2.32. The first-order valence-corrected chi connectivity index (χ1v) is 6.80. The van der Waals surface area contributed by atoms with Crippen LogP contribution >= 0.6 is 11.6 Å². The van der Waals surface area contributed by atoms with Crippen LogP contribution in [0.5, 0.6) is 0 Å². The highest BCUT2D eigenvalue weighted by Crippen LogP contribution is 2.51. The van der Waals surface area contributed by atoms with E-state index in [1.807, 2.05) is 30.1 Å². The third-order valence-electron chi connectivity index (χ3n) is 3.70. The Balaban J connectivity index is 1.89. The van der Waals surface area contributed by atoms with Crippen molar-refractivity contribution < 1.29 is 4.79 Å². The second-order valence-electron chi connectivity index (χ2n) is 5.24. The zero-order valence-electron chi connectivity index (χ0n) is 11.0. The zero-order valence-corrected chi connectivity index (χ0v) is 11.7. The summed E-state index contributed by atoms with van der Waals surface area (Å²) in [6, 6.07) is 3.87. The summed E-state index contributed by atoms with van der Waals surface area (Å²) in [5.41, 5.74) is 2.16. The highest BCUT2D eigenvalue weighted by molar-refractivity contribution is 6.32. The fourth-order valence-corrected chi connectivity index (χ4v) is 2.99. The molecule has 3 rings (SSSR count). The summed E-state index contributed by atoms with van der Waals surface area (Å²) in [4.78, 5) is 11.0. The molecule has 0 radical (unpaired) electrons. The number of carbonyl (C=O) groups is 1. The topological polar surface area (TPSA) is 46.9 Å². The van der Waals surface area contributed by atoms with E-state index in [4.69, 9.17) is 11.6 Å². The molecule has 5 heteroatoms. The molecule has 1 aromatic carbocycles. The van der Waals surface area contributed by atoms with Crippen LogP contribution in [0.2, 0.25) is 5.02 Å². The molecule has 1 amide bonds. The van der Waals surface area contributed by atoms with Gasteiger partial charge in [0.25, 0.3) is 0 Å². The Labute approximate surface area is 116 Å². The number of nitrogens with one attached hydrogen (secondary N) is 1. The largest absolute Gasteiger partial charge is 0.356 e. The molecule has 1 aliphatic rings. The minimum atomic E-state index is 0.0244. The number of hydrogen-bond donors (Lipinski definition) is 1. The van der Waals surface area contributed by atoms with Crippen LogP contribution in [0.3, 0.4) is 0 Å². The second-order valence-corrected chi connectivity index (χ2v) is 5.64. The molecule has 2 unspecified atom stereocenters. The van der Waals surface area contributed by atoms with Crippen molar-refractivity contribution in [1.82, 2.24) is 15.1 Å². The molecular formula is C14H16ClN3O. The lowest BCUT2D eigenvalue weighted by molar-refractivity contribution is -0.119. The predicted molar refractivity (Wildman–Crippen MR) is 75.3 cm³/mol. The number of aryl methyl sites for hydroxylation is 1. The molecule has 2 aromatic rings. The number of aromatic nitrogens is 2. The van der Waals surface area contributed by atoms with Crippen molar-refractivity contribution >= 4 is 28.4 Å². The summed E-state index contributed by atoms with van der Waals surface area (Å²) in [7, 11) is 1.92. The quantitative estimate of drug-likeness (QED) is 0.937. The lowest BCUT2D eigenvalue weighted by atomic mass is 10.0. The van der Waals surface area contributed by atoms with Gasteiger partial charge in [-0.05, 0) is 36.0 Å². The molecule has 0 bridgehead atoms. The molecule has 1 N–H and O–H groups in total. The predicted octanol–water partition coefficient (Wildman–Crippen LogP) is 2.47. The van der Waals surface area contributed by atoms with E-state index in [0.717, 1.165) is 28.9 Å². The number of halogens is 1. The maximum Gasteiger partial charge on any atom is 0.216 e. The molecule has 1 saturated carbocycles. The molecule has 0 saturated heterocycles. The van der Waals surface area contributed by atoms with Gasteiger partial charge in [0.2, 0.25) is 5.91 Å². The lowest BCUT2D eigenvalue weighted by Crippen LogP contribution is -2.22. The Morgan fingerprint density at radius 1 is 1.58 bits per heavy atom. The summed E-state index contributed by atoms with van der Waals surface area (Å²) < 4.78 is 1.82. The minimum Gasteiger partial charge on any atom is -0.356 e. The first-order chi connectivity index (χ1) is 9.06. The van der Waals surface area contributed by atoms with Crippen LogP contribution in [-0.2, 0) is 11.8 Å². The van der Waals surface area contributed by atoms with Gasteiger partial charge in [-0.1, -0.05) is 11.6 Å². The summed E-state index contributed by atoms with van der Waals surface area (Å²) in [5.74, 6) is 0.954. The van der Waals surface area contributed by atoms with Crippen LogP contribution in [-0.4, -0.2) is 22.2 Å². The van der Waals surface area contributed by atoms with Crippen molar-refractivity contribution in [2.75, 3.05) is 6.54 Å². The Morgan fingerprint density at radius 2 is 2.37 bits per heavy atom. The fourth-order valence-electron chi connectivity index (χ4n) is 2.69. The molecule has 19 heavy (non-hydrogen) atoms. The van der Waals surface area contributed by atoms with Crippen molar-refractivity contribution in [2.45, 2.75) is 19.3 Å². The number of fused-ring (bicyclic) bond motifs is 1. The van der Waals surface area contributed by atoms with E-state index in [0.29, 0.717) is 11.8 Å². The fraction of sp³-hybridized carbons (Fsp3) is 0.429. The molecule has 0 spiro atoms. The highest BCUT2D eigenvalue weighted by Gasteiger charge is 2.40. The van der Waals surface area contributed by atoms with Crippen LogP contribution in [0.4, 0.5) is 0 Å². The van der Waals surface area contributed by atoms with E-state index < -0.39 is 0 Å². The molecule has 2 atom stereocenters. The first kappa shape index (κ1) is 12.5. The minimum absolute atomic E-state index is 0.0244. The number of carbonyl (C=O) groups excluding carboxylic acids is 1. The standard InChI is InChI=1S/C14H16ClN3O/c1-8(19)16-6-9-5-10(9)14-11-7-18(2)17-13(11)4-3-12(14)15/h3-4,7,9-10H,5-6H2,1-2H3,(H,16,19). The number of benzene rings is 1. The van der Waals surface area contributed by atoms with Crippen LogP contribution in [0.25, 0.3) is 10.9 Å². The smallest absolute Gasteiger partial charge is 0.216 e. The van der Waals surface area contributed by atoms with Gasteiger partial charge >= 0.3 is 0 Å². The Morgan fingerprint density at radius 3 is 3.11 bits per heavy atom. The van der Waals surface area contributed by atoms with E-state index >= 15 is 0 Å². The van der Waals surface area contributed by atoms with Gasteiger partial charge in [0.05, 0.1) is 5.52 Å². The van der Waals surface area contributed by atoms with Crippen LogP contribution in [0.1, 0.15) is 24.8 Å². The van der Waals surface area contributed by atoms with Crippen molar-refractivity contribution in [2.24, 2.45) is 13.0 Å². The molecule has 1 aromatic heterocycles. The maximum absolute atomic E-state index is 11.0. The van der Waals surface area contributed by atoms with E-state index in [1.165, 1.54) is 5.56 Å². The van der Waals surface area contributed by atoms with Gasteiger partial charge in [0.1, 0.15) is 0 Å². The number of amides is 1. The Hall–Kier alpha value is -1.55. The number of nitrogens with zero attached hydrogens (tertiary/aromatic N) is 2. The monoisotopic (exact) mass is 277 g/mol. The zero-order chi connectivity index (χ0) is 13.6. The van der Waals surface area contributed by atoms with Crippen molar-refractivity contribution in [1.29, 1.82) is 0 Å². The SMILES string of the molecule is CC(=O)NCC1CC1c1c(Cl)ccc2nn(C)cc12. The van der Waals surface area contributed by atoms with E-state index in [1.54, 1.807) is 6.92 Å². The molecule has 4 nitrogen and oxygen atoms in total. The molecule has 1 fully saturated rings.